The third kappa shape index (κ3) is 4.08. The highest BCUT2D eigenvalue weighted by atomic mass is 16.4. The molecule has 0 radical (unpaired) electrons. The summed E-state index contributed by atoms with van der Waals surface area (Å²) in [6, 6.07) is 0.748. The average molecular weight is 268 g/mol. The second-order valence-electron chi connectivity index (χ2n) is 6.08. The quantitative estimate of drug-likeness (QED) is 0.349. The van der Waals surface area contributed by atoms with Crippen molar-refractivity contribution in [1.29, 1.82) is 0 Å². The van der Waals surface area contributed by atoms with Gasteiger partial charge in [0, 0.05) is 18.5 Å². The number of piperidine rings is 2. The number of oxime groups is 1. The van der Waals surface area contributed by atoms with Crippen LogP contribution < -0.4 is 5.73 Å². The van der Waals surface area contributed by atoms with Crippen molar-refractivity contribution < 1.29 is 5.21 Å². The van der Waals surface area contributed by atoms with Gasteiger partial charge >= 0.3 is 0 Å². The zero-order valence-electron chi connectivity index (χ0n) is 12.1. The van der Waals surface area contributed by atoms with Crippen molar-refractivity contribution >= 4 is 5.84 Å². The van der Waals surface area contributed by atoms with E-state index in [0.29, 0.717) is 5.84 Å². The van der Waals surface area contributed by atoms with Crippen molar-refractivity contribution in [1.82, 2.24) is 9.80 Å². The zero-order chi connectivity index (χ0) is 13.7. The average Bonchev–Trinajstić information content (AvgIpc) is 2.46. The van der Waals surface area contributed by atoms with E-state index in [0.717, 1.165) is 38.5 Å². The minimum absolute atomic E-state index is 0.239. The van der Waals surface area contributed by atoms with Crippen molar-refractivity contribution in [2.24, 2.45) is 16.8 Å². The Bertz CT molecular complexity index is 308. The lowest BCUT2D eigenvalue weighted by molar-refractivity contribution is 0.138. The molecule has 2 unspecified atom stereocenters. The fourth-order valence-corrected chi connectivity index (χ4v) is 3.42. The molecule has 2 aliphatic rings. The number of amidine groups is 1. The molecule has 2 aliphatic heterocycles. The van der Waals surface area contributed by atoms with Gasteiger partial charge in [0.25, 0.3) is 0 Å². The molecule has 5 nitrogen and oxygen atoms in total. The summed E-state index contributed by atoms with van der Waals surface area (Å²) in [7, 11) is 2.25. The maximum atomic E-state index is 8.78. The van der Waals surface area contributed by atoms with Gasteiger partial charge in [-0.15, -0.1) is 0 Å². The van der Waals surface area contributed by atoms with Gasteiger partial charge in [0.15, 0.2) is 0 Å². The molecule has 2 fully saturated rings. The van der Waals surface area contributed by atoms with Gasteiger partial charge in [0.1, 0.15) is 5.84 Å². The Morgan fingerprint density at radius 1 is 1.26 bits per heavy atom. The third-order valence-electron chi connectivity index (χ3n) is 4.74. The van der Waals surface area contributed by atoms with Crippen LogP contribution in [0.15, 0.2) is 5.16 Å². The summed E-state index contributed by atoms with van der Waals surface area (Å²) < 4.78 is 0. The highest BCUT2D eigenvalue weighted by Crippen LogP contribution is 2.21. The summed E-state index contributed by atoms with van der Waals surface area (Å²) in [5.74, 6) is 0.641. The van der Waals surface area contributed by atoms with E-state index in [1.807, 2.05) is 0 Å². The van der Waals surface area contributed by atoms with Crippen molar-refractivity contribution in [3.63, 3.8) is 0 Å². The molecule has 2 rings (SSSR count). The van der Waals surface area contributed by atoms with Crippen LogP contribution in [0, 0.1) is 5.92 Å². The van der Waals surface area contributed by atoms with Crippen LogP contribution in [0.5, 0.6) is 0 Å². The number of nitrogens with zero attached hydrogens (tertiary/aromatic N) is 3. The van der Waals surface area contributed by atoms with Gasteiger partial charge in [0.05, 0.1) is 0 Å². The Kier molecular flexibility index (Phi) is 5.45. The monoisotopic (exact) mass is 268 g/mol. The first-order valence-corrected chi connectivity index (χ1v) is 7.60. The van der Waals surface area contributed by atoms with Gasteiger partial charge in [-0.1, -0.05) is 11.6 Å². The summed E-state index contributed by atoms with van der Waals surface area (Å²) in [6.07, 6.45) is 7.52. The minimum Gasteiger partial charge on any atom is -0.409 e. The maximum absolute atomic E-state index is 8.78. The standard InChI is InChI=1S/C14H28N4O/c1-17-8-3-2-6-13(17)7-10-18-9-4-5-12(11-18)14(15)16-19/h12-13,19H,2-11H2,1H3,(H2,15,16). The molecule has 0 aliphatic carbocycles. The van der Waals surface area contributed by atoms with Gasteiger partial charge in [-0.25, -0.2) is 0 Å². The van der Waals surface area contributed by atoms with Crippen LogP contribution in [0.2, 0.25) is 0 Å². The molecule has 0 aromatic carbocycles. The molecule has 0 bridgehead atoms. The van der Waals surface area contributed by atoms with Crippen LogP contribution in [0.1, 0.15) is 38.5 Å². The van der Waals surface area contributed by atoms with E-state index in [9.17, 15) is 0 Å². The number of rotatable bonds is 4. The van der Waals surface area contributed by atoms with Crippen LogP contribution in [0.4, 0.5) is 0 Å². The largest absolute Gasteiger partial charge is 0.409 e. The molecule has 0 aromatic heterocycles. The second-order valence-corrected chi connectivity index (χ2v) is 6.08. The Balaban J connectivity index is 1.76. The fraction of sp³-hybridized carbons (Fsp3) is 0.929. The normalized spacial score (nSPS) is 31.5. The summed E-state index contributed by atoms with van der Waals surface area (Å²) in [4.78, 5) is 4.99. The first-order valence-electron chi connectivity index (χ1n) is 7.60. The molecule has 110 valence electrons. The number of hydrogen-bond donors (Lipinski definition) is 2. The molecular weight excluding hydrogens is 240 g/mol. The lowest BCUT2D eigenvalue weighted by Gasteiger charge is -2.36. The SMILES string of the molecule is CN1CCCCC1CCN1CCCC(C(N)=NO)C1. The first kappa shape index (κ1) is 14.6. The highest BCUT2D eigenvalue weighted by Gasteiger charge is 2.25. The predicted octanol–water partition coefficient (Wildman–Crippen LogP) is 1.32. The van der Waals surface area contributed by atoms with Gasteiger partial charge in [-0.05, 0) is 58.8 Å². The highest BCUT2D eigenvalue weighted by molar-refractivity contribution is 5.82. The van der Waals surface area contributed by atoms with Crippen LogP contribution in [-0.2, 0) is 0 Å². The number of hydrogen-bond acceptors (Lipinski definition) is 4. The Hall–Kier alpha value is -0.810. The van der Waals surface area contributed by atoms with Gasteiger partial charge < -0.3 is 20.7 Å². The van der Waals surface area contributed by atoms with Crippen LogP contribution >= 0.6 is 0 Å². The molecule has 0 amide bonds. The second kappa shape index (κ2) is 7.10. The summed E-state index contributed by atoms with van der Waals surface area (Å²) in [5.41, 5.74) is 5.74. The van der Waals surface area contributed by atoms with Crippen molar-refractivity contribution in [3.05, 3.63) is 0 Å². The van der Waals surface area contributed by atoms with Crippen molar-refractivity contribution in [3.8, 4) is 0 Å². The molecule has 2 atom stereocenters. The fourth-order valence-electron chi connectivity index (χ4n) is 3.42. The Labute approximate surface area is 116 Å². The molecule has 5 heteroatoms. The lowest BCUT2D eigenvalue weighted by Crippen LogP contribution is -2.44. The molecule has 19 heavy (non-hydrogen) atoms. The molecule has 3 N–H and O–H groups in total. The van der Waals surface area contributed by atoms with Gasteiger partial charge in [-0.2, -0.15) is 0 Å². The summed E-state index contributed by atoms with van der Waals surface area (Å²) in [5, 5.41) is 11.9. The predicted molar refractivity (Wildman–Crippen MR) is 77.5 cm³/mol. The minimum atomic E-state index is 0.239. The van der Waals surface area contributed by atoms with Crippen molar-refractivity contribution in [2.75, 3.05) is 33.2 Å². The van der Waals surface area contributed by atoms with E-state index < -0.39 is 0 Å². The molecule has 2 saturated heterocycles. The van der Waals surface area contributed by atoms with Gasteiger partial charge in [0.2, 0.25) is 0 Å². The number of nitrogens with two attached hydrogens (primary N) is 1. The summed E-state index contributed by atoms with van der Waals surface area (Å²) >= 11 is 0. The van der Waals surface area contributed by atoms with E-state index >= 15 is 0 Å². The Morgan fingerprint density at radius 3 is 2.84 bits per heavy atom. The van der Waals surface area contributed by atoms with E-state index in [4.69, 9.17) is 10.9 Å². The molecule has 0 aromatic rings. The smallest absolute Gasteiger partial charge is 0.143 e. The van der Waals surface area contributed by atoms with Crippen LogP contribution in [0.25, 0.3) is 0 Å². The zero-order valence-corrected chi connectivity index (χ0v) is 12.1. The topological polar surface area (TPSA) is 65.1 Å². The van der Waals surface area contributed by atoms with E-state index in [1.165, 1.54) is 32.2 Å². The molecule has 2 heterocycles. The van der Waals surface area contributed by atoms with E-state index in [2.05, 4.69) is 22.0 Å². The van der Waals surface area contributed by atoms with Crippen LogP contribution in [0.3, 0.4) is 0 Å². The van der Waals surface area contributed by atoms with E-state index in [1.54, 1.807) is 0 Å². The molecule has 0 spiro atoms. The third-order valence-corrected chi connectivity index (χ3v) is 4.74. The van der Waals surface area contributed by atoms with Crippen molar-refractivity contribution in [2.45, 2.75) is 44.6 Å². The number of likely N-dealkylation sites (tertiary alicyclic amines) is 2. The molecule has 0 saturated carbocycles. The summed E-state index contributed by atoms with van der Waals surface area (Å²) in [6.45, 7) is 4.50. The molecular formula is C14H28N4O. The Morgan fingerprint density at radius 2 is 2.11 bits per heavy atom. The van der Waals surface area contributed by atoms with Crippen LogP contribution in [-0.4, -0.2) is 60.1 Å². The van der Waals surface area contributed by atoms with E-state index in [-0.39, 0.29) is 5.92 Å². The first-order chi connectivity index (χ1) is 9.20. The lowest BCUT2D eigenvalue weighted by atomic mass is 9.95. The van der Waals surface area contributed by atoms with Gasteiger partial charge in [-0.3, -0.25) is 0 Å². The maximum Gasteiger partial charge on any atom is 0.143 e.